The molecule has 3 unspecified atom stereocenters. The summed E-state index contributed by atoms with van der Waals surface area (Å²) in [5.41, 5.74) is 0. The van der Waals surface area contributed by atoms with Gasteiger partial charge in [-0.05, 0) is 36.8 Å². The van der Waals surface area contributed by atoms with Gasteiger partial charge in [0, 0.05) is 12.6 Å². The van der Waals surface area contributed by atoms with E-state index >= 15 is 0 Å². The average molecular weight is 260 g/mol. The second kappa shape index (κ2) is 4.98. The molecule has 0 radical (unpaired) electrons. The molecule has 2 heterocycles. The zero-order valence-electron chi connectivity index (χ0n) is 9.98. The van der Waals surface area contributed by atoms with Gasteiger partial charge in [0.1, 0.15) is 5.01 Å². The number of piperidine rings is 1. The molecule has 1 fully saturated rings. The van der Waals surface area contributed by atoms with Crippen LogP contribution in [-0.4, -0.2) is 27.7 Å². The van der Waals surface area contributed by atoms with Gasteiger partial charge in [0.2, 0.25) is 4.47 Å². The SMILES string of the molecule is CC1CC(C)C(C)N(Cc2nnc(Cl)s2)C1. The Kier molecular flexibility index (Phi) is 3.82. The molecule has 1 aliphatic heterocycles. The van der Waals surface area contributed by atoms with Crippen LogP contribution in [0.25, 0.3) is 0 Å². The van der Waals surface area contributed by atoms with E-state index in [1.807, 2.05) is 0 Å². The predicted octanol–water partition coefficient (Wildman–Crippen LogP) is 3.06. The van der Waals surface area contributed by atoms with Gasteiger partial charge in [0.15, 0.2) is 0 Å². The highest BCUT2D eigenvalue weighted by molar-refractivity contribution is 7.15. The first kappa shape index (κ1) is 12.3. The highest BCUT2D eigenvalue weighted by Gasteiger charge is 2.29. The van der Waals surface area contributed by atoms with Crippen molar-refractivity contribution in [3.05, 3.63) is 9.47 Å². The Morgan fingerprint density at radius 1 is 1.38 bits per heavy atom. The highest BCUT2D eigenvalue weighted by atomic mass is 35.5. The van der Waals surface area contributed by atoms with E-state index in [-0.39, 0.29) is 0 Å². The molecular weight excluding hydrogens is 242 g/mol. The molecule has 1 aromatic heterocycles. The molecule has 1 aliphatic rings. The largest absolute Gasteiger partial charge is 0.293 e. The van der Waals surface area contributed by atoms with E-state index in [1.54, 1.807) is 0 Å². The summed E-state index contributed by atoms with van der Waals surface area (Å²) in [6.07, 6.45) is 1.33. The zero-order valence-corrected chi connectivity index (χ0v) is 11.6. The predicted molar refractivity (Wildman–Crippen MR) is 67.7 cm³/mol. The lowest BCUT2D eigenvalue weighted by molar-refractivity contribution is 0.0727. The number of aromatic nitrogens is 2. The van der Waals surface area contributed by atoms with E-state index < -0.39 is 0 Å². The van der Waals surface area contributed by atoms with Crippen LogP contribution in [0.5, 0.6) is 0 Å². The summed E-state index contributed by atoms with van der Waals surface area (Å²) >= 11 is 7.29. The van der Waals surface area contributed by atoms with Crippen LogP contribution in [0.3, 0.4) is 0 Å². The van der Waals surface area contributed by atoms with Crippen molar-refractivity contribution >= 4 is 22.9 Å². The molecule has 90 valence electrons. The molecule has 3 nitrogen and oxygen atoms in total. The minimum atomic E-state index is 0.542. The molecule has 0 spiro atoms. The standard InChI is InChI=1S/C11H18ClN3S/c1-7-4-8(2)9(3)15(5-7)6-10-13-14-11(12)16-10/h7-9H,4-6H2,1-3H3. The third-order valence-electron chi connectivity index (χ3n) is 3.50. The quantitative estimate of drug-likeness (QED) is 0.818. The lowest BCUT2D eigenvalue weighted by Crippen LogP contribution is -2.45. The first-order chi connectivity index (χ1) is 7.56. The molecule has 0 N–H and O–H groups in total. The Morgan fingerprint density at radius 3 is 2.75 bits per heavy atom. The monoisotopic (exact) mass is 259 g/mol. The number of rotatable bonds is 2. The van der Waals surface area contributed by atoms with E-state index in [4.69, 9.17) is 11.6 Å². The summed E-state index contributed by atoms with van der Waals surface area (Å²) in [5.74, 6) is 1.53. The van der Waals surface area contributed by atoms with Crippen molar-refractivity contribution in [3.8, 4) is 0 Å². The molecule has 16 heavy (non-hydrogen) atoms. The van der Waals surface area contributed by atoms with Crippen LogP contribution in [0.15, 0.2) is 0 Å². The van der Waals surface area contributed by atoms with Crippen molar-refractivity contribution < 1.29 is 0 Å². The maximum Gasteiger partial charge on any atom is 0.207 e. The molecule has 0 bridgehead atoms. The molecule has 0 amide bonds. The van der Waals surface area contributed by atoms with Gasteiger partial charge in [-0.15, -0.1) is 10.2 Å². The average Bonchev–Trinajstić information content (AvgIpc) is 2.60. The summed E-state index contributed by atoms with van der Waals surface area (Å²) in [7, 11) is 0. The van der Waals surface area contributed by atoms with Gasteiger partial charge in [-0.1, -0.05) is 25.2 Å². The summed E-state index contributed by atoms with van der Waals surface area (Å²) in [5, 5.41) is 8.97. The van der Waals surface area contributed by atoms with Crippen LogP contribution >= 0.6 is 22.9 Å². The molecule has 2 rings (SSSR count). The molecular formula is C11H18ClN3S. The first-order valence-corrected chi connectivity index (χ1v) is 6.97. The van der Waals surface area contributed by atoms with E-state index in [2.05, 4.69) is 35.9 Å². The van der Waals surface area contributed by atoms with E-state index in [0.717, 1.165) is 29.9 Å². The minimum absolute atomic E-state index is 0.542. The molecule has 0 saturated carbocycles. The fourth-order valence-corrected chi connectivity index (χ4v) is 3.41. The van der Waals surface area contributed by atoms with Gasteiger partial charge in [-0.3, -0.25) is 4.90 Å². The Hall–Kier alpha value is -0.190. The second-order valence-corrected chi connectivity index (χ2v) is 6.58. The van der Waals surface area contributed by atoms with E-state index in [9.17, 15) is 0 Å². The van der Waals surface area contributed by atoms with Crippen molar-refractivity contribution in [3.63, 3.8) is 0 Å². The lowest BCUT2D eigenvalue weighted by atomic mass is 9.86. The van der Waals surface area contributed by atoms with Gasteiger partial charge in [0.25, 0.3) is 0 Å². The van der Waals surface area contributed by atoms with Crippen LogP contribution in [0.2, 0.25) is 4.47 Å². The number of hydrogen-bond acceptors (Lipinski definition) is 4. The van der Waals surface area contributed by atoms with Crippen molar-refractivity contribution in [1.82, 2.24) is 15.1 Å². The summed E-state index contributed by atoms with van der Waals surface area (Å²) in [6.45, 7) is 9.00. The van der Waals surface area contributed by atoms with Crippen molar-refractivity contribution in [2.24, 2.45) is 11.8 Å². The van der Waals surface area contributed by atoms with E-state index in [0.29, 0.717) is 10.5 Å². The molecule has 3 atom stereocenters. The molecule has 0 aliphatic carbocycles. The Bertz CT molecular complexity index is 355. The van der Waals surface area contributed by atoms with Gasteiger partial charge in [-0.25, -0.2) is 0 Å². The number of halogens is 1. The zero-order chi connectivity index (χ0) is 11.7. The lowest BCUT2D eigenvalue weighted by Gasteiger charge is -2.40. The van der Waals surface area contributed by atoms with Gasteiger partial charge < -0.3 is 0 Å². The highest BCUT2D eigenvalue weighted by Crippen LogP contribution is 2.28. The van der Waals surface area contributed by atoms with Crippen molar-refractivity contribution in [2.45, 2.75) is 39.8 Å². The Labute approximate surface area is 106 Å². The van der Waals surface area contributed by atoms with Gasteiger partial charge in [-0.2, -0.15) is 0 Å². The van der Waals surface area contributed by atoms with Crippen molar-refractivity contribution in [2.75, 3.05) is 6.54 Å². The number of nitrogens with zero attached hydrogens (tertiary/aromatic N) is 3. The van der Waals surface area contributed by atoms with Crippen LogP contribution in [0.4, 0.5) is 0 Å². The summed E-state index contributed by atoms with van der Waals surface area (Å²) in [6, 6.07) is 0.624. The molecule has 1 aromatic rings. The number of likely N-dealkylation sites (tertiary alicyclic amines) is 1. The smallest absolute Gasteiger partial charge is 0.207 e. The van der Waals surface area contributed by atoms with Crippen LogP contribution in [0, 0.1) is 11.8 Å². The first-order valence-electron chi connectivity index (χ1n) is 5.78. The minimum Gasteiger partial charge on any atom is -0.293 e. The molecule has 0 aromatic carbocycles. The normalized spacial score (nSPS) is 31.9. The van der Waals surface area contributed by atoms with Crippen LogP contribution in [-0.2, 0) is 6.54 Å². The Balaban J connectivity index is 2.02. The number of hydrogen-bond donors (Lipinski definition) is 0. The summed E-state index contributed by atoms with van der Waals surface area (Å²) < 4.78 is 0.542. The van der Waals surface area contributed by atoms with Gasteiger partial charge >= 0.3 is 0 Å². The third-order valence-corrected chi connectivity index (χ3v) is 4.50. The maximum absolute atomic E-state index is 5.80. The Morgan fingerprint density at radius 2 is 2.12 bits per heavy atom. The van der Waals surface area contributed by atoms with Crippen molar-refractivity contribution in [1.29, 1.82) is 0 Å². The molecule has 1 saturated heterocycles. The fraction of sp³-hybridized carbons (Fsp3) is 0.818. The molecule has 5 heteroatoms. The second-order valence-electron chi connectivity index (χ2n) is 4.94. The third kappa shape index (κ3) is 2.73. The fourth-order valence-electron chi connectivity index (χ4n) is 2.51. The topological polar surface area (TPSA) is 29.0 Å². The maximum atomic E-state index is 5.80. The van der Waals surface area contributed by atoms with E-state index in [1.165, 1.54) is 17.8 Å². The van der Waals surface area contributed by atoms with Gasteiger partial charge in [0.05, 0.1) is 6.54 Å². The van der Waals surface area contributed by atoms with Crippen LogP contribution < -0.4 is 0 Å². The van der Waals surface area contributed by atoms with Crippen LogP contribution in [0.1, 0.15) is 32.2 Å². The summed E-state index contributed by atoms with van der Waals surface area (Å²) in [4.78, 5) is 2.50.